The molecule has 0 bridgehead atoms. The van der Waals surface area contributed by atoms with E-state index in [0.29, 0.717) is 6.17 Å². The summed E-state index contributed by atoms with van der Waals surface area (Å²) >= 11 is 0. The molecule has 2 fully saturated rings. The summed E-state index contributed by atoms with van der Waals surface area (Å²) in [5, 5.41) is 4.81. The number of hydrazine groups is 1. The average Bonchev–Trinajstić information content (AvgIpc) is 2.77. The van der Waals surface area contributed by atoms with Crippen molar-refractivity contribution in [1.29, 1.82) is 0 Å². The fraction of sp³-hybridized carbons (Fsp3) is 0.385. The molecular formula is C13H16N2O. The zero-order valence-corrected chi connectivity index (χ0v) is 9.47. The molecule has 2 atom stereocenters. The lowest BCUT2D eigenvalue weighted by atomic mass is 10.2. The minimum Gasteiger partial charge on any atom is -0.497 e. The van der Waals surface area contributed by atoms with Crippen LogP contribution in [0.4, 0.5) is 0 Å². The van der Waals surface area contributed by atoms with Crippen molar-refractivity contribution in [3.05, 3.63) is 35.9 Å². The number of benzene rings is 1. The van der Waals surface area contributed by atoms with E-state index in [4.69, 9.17) is 4.74 Å². The number of hydrogen-bond donors (Lipinski definition) is 0. The van der Waals surface area contributed by atoms with E-state index < -0.39 is 0 Å². The van der Waals surface area contributed by atoms with Crippen LogP contribution in [-0.2, 0) is 0 Å². The zero-order valence-electron chi connectivity index (χ0n) is 9.47. The second-order valence-corrected chi connectivity index (χ2v) is 4.23. The lowest BCUT2D eigenvalue weighted by Gasteiger charge is -1.99. The summed E-state index contributed by atoms with van der Waals surface area (Å²) in [6, 6.07) is 8.15. The molecule has 16 heavy (non-hydrogen) atoms. The third-order valence-corrected chi connectivity index (χ3v) is 3.24. The van der Waals surface area contributed by atoms with Gasteiger partial charge in [-0.1, -0.05) is 18.2 Å². The van der Waals surface area contributed by atoms with Crippen LogP contribution in [0.5, 0.6) is 5.75 Å². The number of hydrogen-bond acceptors (Lipinski definition) is 3. The maximum Gasteiger partial charge on any atom is 0.118 e. The Kier molecular flexibility index (Phi) is 2.42. The predicted octanol–water partition coefficient (Wildman–Crippen LogP) is 1.97. The second-order valence-electron chi connectivity index (χ2n) is 4.23. The van der Waals surface area contributed by atoms with Crippen LogP contribution < -0.4 is 4.74 Å². The molecule has 1 aromatic carbocycles. The Morgan fingerprint density at radius 1 is 1.19 bits per heavy atom. The van der Waals surface area contributed by atoms with E-state index in [0.717, 1.165) is 5.75 Å². The molecule has 2 heterocycles. The van der Waals surface area contributed by atoms with Gasteiger partial charge in [-0.25, -0.2) is 10.0 Å². The van der Waals surface area contributed by atoms with Gasteiger partial charge in [-0.3, -0.25) is 0 Å². The minimum absolute atomic E-state index is 0.552. The Bertz CT molecular complexity index is 389. The zero-order chi connectivity index (χ0) is 11.0. The molecule has 2 aliphatic heterocycles. The van der Waals surface area contributed by atoms with E-state index in [1.165, 1.54) is 25.1 Å². The van der Waals surface area contributed by atoms with Crippen molar-refractivity contribution in [3.63, 3.8) is 0 Å². The minimum atomic E-state index is 0.552. The van der Waals surface area contributed by atoms with E-state index in [9.17, 15) is 0 Å². The highest BCUT2D eigenvalue weighted by atomic mass is 16.5. The van der Waals surface area contributed by atoms with E-state index in [-0.39, 0.29) is 0 Å². The van der Waals surface area contributed by atoms with E-state index >= 15 is 0 Å². The molecule has 0 aromatic heterocycles. The van der Waals surface area contributed by atoms with E-state index in [1.807, 2.05) is 12.1 Å². The summed E-state index contributed by atoms with van der Waals surface area (Å²) in [6.45, 7) is 2.44. The van der Waals surface area contributed by atoms with Crippen LogP contribution in [0.1, 0.15) is 12.0 Å². The molecule has 0 aliphatic carbocycles. The molecule has 2 saturated heterocycles. The van der Waals surface area contributed by atoms with Crippen LogP contribution in [0.15, 0.2) is 30.3 Å². The first-order valence-electron chi connectivity index (χ1n) is 5.74. The predicted molar refractivity (Wildman–Crippen MR) is 63.8 cm³/mol. The van der Waals surface area contributed by atoms with Gasteiger partial charge in [0.15, 0.2) is 0 Å². The van der Waals surface area contributed by atoms with E-state index in [2.05, 4.69) is 34.3 Å². The molecule has 2 unspecified atom stereocenters. The SMILES string of the molecule is COc1ccc(/C=C/C2N3CCCN23)cc1. The number of nitrogens with zero attached hydrogens (tertiary/aromatic N) is 2. The van der Waals surface area contributed by atoms with Gasteiger partial charge in [-0.15, -0.1) is 0 Å². The molecule has 1 aromatic rings. The average molecular weight is 216 g/mol. The quantitative estimate of drug-likeness (QED) is 0.718. The van der Waals surface area contributed by atoms with Crippen molar-refractivity contribution in [2.24, 2.45) is 0 Å². The molecule has 3 rings (SSSR count). The van der Waals surface area contributed by atoms with Gasteiger partial charge in [-0.05, 0) is 30.2 Å². The van der Waals surface area contributed by atoms with Gasteiger partial charge in [0.05, 0.1) is 7.11 Å². The normalized spacial score (nSPS) is 31.7. The maximum absolute atomic E-state index is 5.13. The molecule has 0 spiro atoms. The fourth-order valence-electron chi connectivity index (χ4n) is 2.29. The van der Waals surface area contributed by atoms with Gasteiger partial charge in [-0.2, -0.15) is 0 Å². The first-order chi connectivity index (χ1) is 7.88. The summed E-state index contributed by atoms with van der Waals surface area (Å²) < 4.78 is 5.13. The van der Waals surface area contributed by atoms with E-state index in [1.54, 1.807) is 7.11 Å². The molecule has 0 N–H and O–H groups in total. The van der Waals surface area contributed by atoms with Gasteiger partial charge < -0.3 is 4.74 Å². The van der Waals surface area contributed by atoms with Crippen molar-refractivity contribution in [3.8, 4) is 5.75 Å². The lowest BCUT2D eigenvalue weighted by molar-refractivity contribution is 0.412. The standard InChI is InChI=1S/C13H16N2O/c1-16-12-6-3-11(4-7-12)5-8-13-14-9-2-10-15(13)14/h3-8,13H,2,9-10H2,1H3/b8-5+. The Morgan fingerprint density at radius 2 is 1.88 bits per heavy atom. The summed E-state index contributed by atoms with van der Waals surface area (Å²) in [7, 11) is 1.69. The highest BCUT2D eigenvalue weighted by Gasteiger charge is 2.45. The Morgan fingerprint density at radius 3 is 2.50 bits per heavy atom. The molecule has 2 aliphatic rings. The Labute approximate surface area is 95.9 Å². The number of fused-ring (bicyclic) bond motifs is 1. The third kappa shape index (κ3) is 1.72. The van der Waals surface area contributed by atoms with Gasteiger partial charge in [0.2, 0.25) is 0 Å². The summed E-state index contributed by atoms with van der Waals surface area (Å²) in [5.41, 5.74) is 1.23. The molecule has 3 heteroatoms. The van der Waals surface area contributed by atoms with Gasteiger partial charge in [0, 0.05) is 13.1 Å². The monoisotopic (exact) mass is 216 g/mol. The molecule has 84 valence electrons. The largest absolute Gasteiger partial charge is 0.497 e. The van der Waals surface area contributed by atoms with Crippen LogP contribution in [0, 0.1) is 0 Å². The third-order valence-electron chi connectivity index (χ3n) is 3.24. The van der Waals surface area contributed by atoms with Gasteiger partial charge in [0.25, 0.3) is 0 Å². The number of rotatable bonds is 3. The van der Waals surface area contributed by atoms with Crippen molar-refractivity contribution in [2.75, 3.05) is 20.2 Å². The Hall–Kier alpha value is -1.32. The van der Waals surface area contributed by atoms with Crippen LogP contribution in [0.25, 0.3) is 6.08 Å². The molecule has 0 amide bonds. The van der Waals surface area contributed by atoms with Crippen molar-refractivity contribution in [1.82, 2.24) is 10.0 Å². The second kappa shape index (κ2) is 3.92. The lowest BCUT2D eigenvalue weighted by Crippen LogP contribution is -2.02. The number of ether oxygens (including phenoxy) is 1. The highest BCUT2D eigenvalue weighted by molar-refractivity contribution is 5.51. The fourth-order valence-corrected chi connectivity index (χ4v) is 2.29. The van der Waals surface area contributed by atoms with Gasteiger partial charge >= 0.3 is 0 Å². The first kappa shape index (κ1) is 9.87. The first-order valence-corrected chi connectivity index (χ1v) is 5.74. The van der Waals surface area contributed by atoms with Gasteiger partial charge in [0.1, 0.15) is 11.9 Å². The highest BCUT2D eigenvalue weighted by Crippen LogP contribution is 2.33. The summed E-state index contributed by atoms with van der Waals surface area (Å²) in [4.78, 5) is 0. The van der Waals surface area contributed by atoms with Crippen LogP contribution in [0.3, 0.4) is 0 Å². The molecular weight excluding hydrogens is 200 g/mol. The molecule has 0 radical (unpaired) electrons. The smallest absolute Gasteiger partial charge is 0.118 e. The van der Waals surface area contributed by atoms with Crippen LogP contribution >= 0.6 is 0 Å². The number of methoxy groups -OCH3 is 1. The topological polar surface area (TPSA) is 15.2 Å². The van der Waals surface area contributed by atoms with Crippen LogP contribution in [-0.4, -0.2) is 36.4 Å². The van der Waals surface area contributed by atoms with Crippen molar-refractivity contribution < 1.29 is 4.74 Å². The maximum atomic E-state index is 5.13. The Balaban J connectivity index is 1.63. The van der Waals surface area contributed by atoms with Crippen molar-refractivity contribution >= 4 is 6.08 Å². The van der Waals surface area contributed by atoms with Crippen LogP contribution in [0.2, 0.25) is 0 Å². The molecule has 3 nitrogen and oxygen atoms in total. The summed E-state index contributed by atoms with van der Waals surface area (Å²) in [5.74, 6) is 0.910. The summed E-state index contributed by atoms with van der Waals surface area (Å²) in [6.07, 6.45) is 6.31. The van der Waals surface area contributed by atoms with Crippen molar-refractivity contribution in [2.45, 2.75) is 12.6 Å². The molecule has 0 saturated carbocycles.